The summed E-state index contributed by atoms with van der Waals surface area (Å²) >= 11 is 3.56. The van der Waals surface area contributed by atoms with Gasteiger partial charge in [0.15, 0.2) is 0 Å². The third-order valence-electron chi connectivity index (χ3n) is 2.83. The Morgan fingerprint density at radius 2 is 2.05 bits per heavy atom. The molecular formula is C14H9IN2O3S. The number of nitrogens with zero attached hydrogens (tertiary/aromatic N) is 2. The van der Waals surface area contributed by atoms with Gasteiger partial charge >= 0.3 is 5.69 Å². The highest BCUT2D eigenvalue weighted by Crippen LogP contribution is 2.38. The average molecular weight is 412 g/mol. The Morgan fingerprint density at radius 1 is 1.29 bits per heavy atom. The maximum atomic E-state index is 11.3. The van der Waals surface area contributed by atoms with E-state index in [9.17, 15) is 10.1 Å². The molecule has 5 nitrogen and oxygen atoms in total. The number of nitro benzene ring substituents is 1. The van der Waals surface area contributed by atoms with Crippen LogP contribution < -0.4 is 4.74 Å². The first-order valence-corrected chi connectivity index (χ1v) is 7.92. The number of aryl methyl sites for hydroxylation is 1. The fourth-order valence-electron chi connectivity index (χ4n) is 1.93. The quantitative estimate of drug-likeness (QED) is 0.348. The van der Waals surface area contributed by atoms with E-state index in [2.05, 4.69) is 27.6 Å². The molecule has 0 N–H and O–H groups in total. The number of ether oxygens (including phenoxy) is 1. The van der Waals surface area contributed by atoms with Crippen molar-refractivity contribution < 1.29 is 9.66 Å². The minimum absolute atomic E-state index is 0.0502. The molecule has 0 aliphatic heterocycles. The Bertz CT molecular complexity index is 847. The van der Waals surface area contributed by atoms with Gasteiger partial charge in [-0.05, 0) is 41.6 Å². The van der Waals surface area contributed by atoms with Crippen LogP contribution in [0.25, 0.3) is 10.2 Å². The second-order valence-corrected chi connectivity index (χ2v) is 6.71. The molecule has 0 saturated carbocycles. The van der Waals surface area contributed by atoms with Crippen molar-refractivity contribution >= 4 is 49.8 Å². The van der Waals surface area contributed by atoms with Crippen molar-refractivity contribution in [3.05, 3.63) is 55.1 Å². The van der Waals surface area contributed by atoms with Crippen molar-refractivity contribution in [2.24, 2.45) is 0 Å². The normalized spacial score (nSPS) is 10.8. The van der Waals surface area contributed by atoms with E-state index in [-0.39, 0.29) is 11.4 Å². The highest BCUT2D eigenvalue weighted by atomic mass is 127. The molecule has 0 aliphatic carbocycles. The summed E-state index contributed by atoms with van der Waals surface area (Å²) in [6.45, 7) is 1.87. The van der Waals surface area contributed by atoms with Crippen LogP contribution in [-0.2, 0) is 0 Å². The summed E-state index contributed by atoms with van der Waals surface area (Å²) in [4.78, 5) is 15.2. The summed E-state index contributed by atoms with van der Waals surface area (Å²) in [5.41, 5.74) is 0.662. The summed E-state index contributed by atoms with van der Waals surface area (Å²) in [7, 11) is 0. The summed E-state index contributed by atoms with van der Waals surface area (Å²) < 4.78 is 7.41. The van der Waals surface area contributed by atoms with Crippen LogP contribution in [0, 0.1) is 20.6 Å². The summed E-state index contributed by atoms with van der Waals surface area (Å²) in [6, 6.07) is 10.5. The molecule has 3 rings (SSSR count). The van der Waals surface area contributed by atoms with Crippen LogP contribution in [0.3, 0.4) is 0 Å². The molecule has 0 radical (unpaired) electrons. The van der Waals surface area contributed by atoms with Gasteiger partial charge in [-0.3, -0.25) is 10.1 Å². The smallest absolute Gasteiger partial charge is 0.313 e. The summed E-state index contributed by atoms with van der Waals surface area (Å²) in [5, 5.41) is 12.1. The number of aromatic nitrogens is 1. The second kappa shape index (κ2) is 5.57. The molecule has 0 amide bonds. The van der Waals surface area contributed by atoms with Crippen LogP contribution >= 0.6 is 33.9 Å². The molecule has 21 heavy (non-hydrogen) atoms. The van der Waals surface area contributed by atoms with Gasteiger partial charge in [-0.1, -0.05) is 12.1 Å². The number of para-hydroxylation sites is 1. The van der Waals surface area contributed by atoms with Crippen LogP contribution in [-0.4, -0.2) is 9.91 Å². The molecule has 3 aromatic rings. The standard InChI is InChI=1S/C14H9IN2O3S/c1-8-16-10-6-13(11(17(18)19)7-14(10)21-8)20-12-5-3-2-4-9(12)15/h2-7H,1H3. The maximum absolute atomic E-state index is 11.3. The Balaban J connectivity index is 2.13. The van der Waals surface area contributed by atoms with Crippen LogP contribution in [0.5, 0.6) is 11.5 Å². The molecule has 7 heteroatoms. The highest BCUT2D eigenvalue weighted by molar-refractivity contribution is 14.1. The lowest BCUT2D eigenvalue weighted by Gasteiger charge is -2.07. The van der Waals surface area contributed by atoms with E-state index in [4.69, 9.17) is 4.74 Å². The predicted molar refractivity (Wildman–Crippen MR) is 90.2 cm³/mol. The summed E-state index contributed by atoms with van der Waals surface area (Å²) in [5.74, 6) is 0.800. The number of rotatable bonds is 3. The van der Waals surface area contributed by atoms with E-state index in [1.54, 1.807) is 12.1 Å². The van der Waals surface area contributed by atoms with Gasteiger partial charge in [0.25, 0.3) is 0 Å². The van der Waals surface area contributed by atoms with Gasteiger partial charge in [0, 0.05) is 12.1 Å². The lowest BCUT2D eigenvalue weighted by molar-refractivity contribution is -0.385. The minimum Gasteiger partial charge on any atom is -0.449 e. The van der Waals surface area contributed by atoms with Gasteiger partial charge in [-0.2, -0.15) is 0 Å². The topological polar surface area (TPSA) is 65.3 Å². The number of halogens is 1. The Hall–Kier alpha value is -1.74. The van der Waals surface area contributed by atoms with E-state index < -0.39 is 4.92 Å². The molecule has 1 heterocycles. The number of hydrogen-bond acceptors (Lipinski definition) is 5. The maximum Gasteiger partial charge on any atom is 0.313 e. The monoisotopic (exact) mass is 412 g/mol. The lowest BCUT2D eigenvalue weighted by atomic mass is 10.2. The van der Waals surface area contributed by atoms with Crippen LogP contribution in [0.1, 0.15) is 5.01 Å². The lowest BCUT2D eigenvalue weighted by Crippen LogP contribution is -1.94. The van der Waals surface area contributed by atoms with Crippen molar-refractivity contribution in [3.63, 3.8) is 0 Å². The molecule has 1 aromatic heterocycles. The molecule has 0 saturated heterocycles. The van der Waals surface area contributed by atoms with Gasteiger partial charge in [0.2, 0.25) is 5.75 Å². The number of hydrogen-bond donors (Lipinski definition) is 0. The fraction of sp³-hybridized carbons (Fsp3) is 0.0714. The van der Waals surface area contributed by atoms with Gasteiger partial charge < -0.3 is 4.74 Å². The summed E-state index contributed by atoms with van der Waals surface area (Å²) in [6.07, 6.45) is 0. The van der Waals surface area contributed by atoms with E-state index in [0.29, 0.717) is 11.3 Å². The molecule has 106 valence electrons. The average Bonchev–Trinajstić information content (AvgIpc) is 2.79. The molecule has 2 aromatic carbocycles. The van der Waals surface area contributed by atoms with Crippen LogP contribution in [0.4, 0.5) is 5.69 Å². The van der Waals surface area contributed by atoms with Crippen molar-refractivity contribution in [2.75, 3.05) is 0 Å². The molecule has 0 unspecified atom stereocenters. The van der Waals surface area contributed by atoms with Crippen LogP contribution in [0.2, 0.25) is 0 Å². The Kier molecular flexibility index (Phi) is 3.77. The fourth-order valence-corrected chi connectivity index (χ4v) is 3.27. The molecule has 0 aliphatic rings. The number of nitro groups is 1. The SMILES string of the molecule is Cc1nc2cc(Oc3ccccc3I)c([N+](=O)[O-])cc2s1. The first-order chi connectivity index (χ1) is 10.0. The molecule has 0 spiro atoms. The van der Waals surface area contributed by atoms with Crippen molar-refractivity contribution in [3.8, 4) is 11.5 Å². The van der Waals surface area contributed by atoms with Crippen molar-refractivity contribution in [1.29, 1.82) is 0 Å². The number of fused-ring (bicyclic) bond motifs is 1. The zero-order valence-corrected chi connectivity index (χ0v) is 13.8. The van der Waals surface area contributed by atoms with E-state index in [0.717, 1.165) is 13.3 Å². The third-order valence-corrected chi connectivity index (χ3v) is 4.65. The van der Waals surface area contributed by atoms with Gasteiger partial charge in [-0.25, -0.2) is 4.98 Å². The van der Waals surface area contributed by atoms with E-state index in [1.807, 2.05) is 25.1 Å². The molecule has 0 fully saturated rings. The first-order valence-electron chi connectivity index (χ1n) is 6.02. The zero-order chi connectivity index (χ0) is 15.0. The second-order valence-electron chi connectivity index (χ2n) is 4.31. The first kappa shape index (κ1) is 14.2. The molecular weight excluding hydrogens is 403 g/mol. The zero-order valence-electron chi connectivity index (χ0n) is 10.9. The molecule has 0 atom stereocenters. The van der Waals surface area contributed by atoms with Gasteiger partial charge in [0.05, 0.1) is 23.7 Å². The highest BCUT2D eigenvalue weighted by Gasteiger charge is 2.19. The van der Waals surface area contributed by atoms with Crippen molar-refractivity contribution in [1.82, 2.24) is 4.98 Å². The van der Waals surface area contributed by atoms with E-state index >= 15 is 0 Å². The Labute approximate surface area is 137 Å². The third kappa shape index (κ3) is 2.84. The van der Waals surface area contributed by atoms with Crippen LogP contribution in [0.15, 0.2) is 36.4 Å². The van der Waals surface area contributed by atoms with Gasteiger partial charge in [-0.15, -0.1) is 11.3 Å². The van der Waals surface area contributed by atoms with E-state index in [1.165, 1.54) is 17.4 Å². The predicted octanol–water partition coefficient (Wildman–Crippen LogP) is 4.91. The Morgan fingerprint density at radius 3 is 2.76 bits per heavy atom. The number of thiazole rings is 1. The molecule has 0 bridgehead atoms. The van der Waals surface area contributed by atoms with Crippen molar-refractivity contribution in [2.45, 2.75) is 6.92 Å². The number of benzene rings is 2. The largest absolute Gasteiger partial charge is 0.449 e. The minimum atomic E-state index is -0.431. The van der Waals surface area contributed by atoms with Gasteiger partial charge in [0.1, 0.15) is 5.75 Å².